The van der Waals surface area contributed by atoms with Crippen LogP contribution in [0.15, 0.2) is 58.6 Å². The molecule has 1 unspecified atom stereocenters. The molecule has 2 aromatic rings. The quantitative estimate of drug-likeness (QED) is 0.183. The van der Waals surface area contributed by atoms with Crippen molar-refractivity contribution in [2.75, 3.05) is 32.8 Å². The Hall–Kier alpha value is -2.64. The Labute approximate surface area is 210 Å². The molecule has 6 nitrogen and oxygen atoms in total. The van der Waals surface area contributed by atoms with Gasteiger partial charge in [-0.1, -0.05) is 67.4 Å². The predicted molar refractivity (Wildman–Crippen MR) is 138 cm³/mol. The van der Waals surface area contributed by atoms with Crippen LogP contribution in [0.25, 0.3) is 5.76 Å². The molecule has 1 atom stereocenters. The molecule has 34 heavy (non-hydrogen) atoms. The number of likely N-dealkylation sites (N-methyl/N-ethyl adjacent to an activating group) is 1. The summed E-state index contributed by atoms with van der Waals surface area (Å²) in [7, 11) is 0. The molecule has 0 saturated carbocycles. The van der Waals surface area contributed by atoms with E-state index in [9.17, 15) is 14.7 Å². The summed E-state index contributed by atoms with van der Waals surface area (Å²) >= 11 is 3.45. The lowest BCUT2D eigenvalue weighted by molar-refractivity contribution is -0.140. The van der Waals surface area contributed by atoms with Crippen LogP contribution in [-0.2, 0) is 9.59 Å². The van der Waals surface area contributed by atoms with E-state index in [1.54, 1.807) is 23.1 Å². The van der Waals surface area contributed by atoms with E-state index >= 15 is 0 Å². The van der Waals surface area contributed by atoms with Crippen LogP contribution >= 0.6 is 15.9 Å². The van der Waals surface area contributed by atoms with Crippen LogP contribution in [0.1, 0.15) is 50.8 Å². The van der Waals surface area contributed by atoms with Crippen LogP contribution in [-0.4, -0.2) is 59.4 Å². The highest BCUT2D eigenvalue weighted by Crippen LogP contribution is 2.40. The number of ketones is 1. The predicted octanol–water partition coefficient (Wildman–Crippen LogP) is 5.39. The zero-order valence-corrected chi connectivity index (χ0v) is 21.7. The van der Waals surface area contributed by atoms with Crippen LogP contribution in [0, 0.1) is 0 Å². The van der Waals surface area contributed by atoms with Crippen LogP contribution in [0.5, 0.6) is 5.75 Å². The third-order valence-electron chi connectivity index (χ3n) is 6.15. The maximum Gasteiger partial charge on any atom is 0.295 e. The van der Waals surface area contributed by atoms with Gasteiger partial charge in [0, 0.05) is 23.1 Å². The molecule has 0 bridgehead atoms. The lowest BCUT2D eigenvalue weighted by Crippen LogP contribution is -2.38. The van der Waals surface area contributed by atoms with E-state index in [2.05, 4.69) is 41.6 Å². The molecular formula is C27H33BrN2O4. The number of nitrogens with zero attached hydrogens (tertiary/aromatic N) is 2. The topological polar surface area (TPSA) is 70.1 Å². The van der Waals surface area contributed by atoms with Gasteiger partial charge in [-0.05, 0) is 49.3 Å². The molecule has 1 fully saturated rings. The number of aliphatic hydroxyl groups is 1. The molecular weight excluding hydrogens is 496 g/mol. The maximum absolute atomic E-state index is 13.2. The molecule has 1 aliphatic heterocycles. The average molecular weight is 529 g/mol. The molecule has 1 N–H and O–H groups in total. The zero-order chi connectivity index (χ0) is 24.7. The highest BCUT2D eigenvalue weighted by molar-refractivity contribution is 9.10. The summed E-state index contributed by atoms with van der Waals surface area (Å²) in [6.45, 7) is 9.56. The molecule has 1 heterocycles. The fourth-order valence-corrected chi connectivity index (χ4v) is 4.38. The van der Waals surface area contributed by atoms with Crippen molar-refractivity contribution < 1.29 is 19.4 Å². The molecule has 0 spiro atoms. The molecule has 2 aromatic carbocycles. The van der Waals surface area contributed by atoms with Gasteiger partial charge in [0.2, 0.25) is 0 Å². The zero-order valence-electron chi connectivity index (χ0n) is 20.1. The fourth-order valence-electron chi connectivity index (χ4n) is 4.11. The van der Waals surface area contributed by atoms with Crippen molar-refractivity contribution in [2.45, 2.75) is 39.7 Å². The van der Waals surface area contributed by atoms with Crippen LogP contribution in [0.3, 0.4) is 0 Å². The minimum Gasteiger partial charge on any atom is -0.507 e. The number of unbranched alkanes of at least 4 members (excludes halogenated alkanes) is 1. The van der Waals surface area contributed by atoms with Crippen molar-refractivity contribution in [1.29, 1.82) is 0 Å². The SMILES string of the molecule is CCCCOc1cccc(/C(O)=C2\C(=O)C(=O)N(CCN(CC)CC)C2c2ccc(Br)cc2)c1. The third kappa shape index (κ3) is 5.88. The Balaban J connectivity index is 2.03. The van der Waals surface area contributed by atoms with E-state index in [-0.39, 0.29) is 11.3 Å². The summed E-state index contributed by atoms with van der Waals surface area (Å²) in [6.07, 6.45) is 1.95. The molecule has 0 aromatic heterocycles. The second-order valence-corrected chi connectivity index (χ2v) is 9.22. The van der Waals surface area contributed by atoms with E-state index in [1.807, 2.05) is 30.3 Å². The number of Topliss-reactive ketones (excluding diaryl/α,β-unsaturated/α-hetero) is 1. The number of aliphatic hydroxyl groups excluding tert-OH is 1. The van der Waals surface area contributed by atoms with Gasteiger partial charge >= 0.3 is 0 Å². The first-order valence-corrected chi connectivity index (χ1v) is 12.7. The summed E-state index contributed by atoms with van der Waals surface area (Å²) in [5.74, 6) is -0.815. The van der Waals surface area contributed by atoms with Crippen molar-refractivity contribution in [3.63, 3.8) is 0 Å². The normalized spacial score (nSPS) is 17.6. The van der Waals surface area contributed by atoms with E-state index in [4.69, 9.17) is 4.74 Å². The van der Waals surface area contributed by atoms with Gasteiger partial charge in [-0.15, -0.1) is 0 Å². The number of amides is 1. The number of halogens is 1. The van der Waals surface area contributed by atoms with E-state index in [0.29, 0.717) is 31.0 Å². The minimum atomic E-state index is -0.665. The van der Waals surface area contributed by atoms with Crippen LogP contribution in [0.4, 0.5) is 0 Å². The van der Waals surface area contributed by atoms with Gasteiger partial charge in [0.25, 0.3) is 11.7 Å². The Morgan fingerprint density at radius 3 is 2.44 bits per heavy atom. The summed E-state index contributed by atoms with van der Waals surface area (Å²) in [5.41, 5.74) is 1.34. The van der Waals surface area contributed by atoms with Gasteiger partial charge in [-0.3, -0.25) is 9.59 Å². The lowest BCUT2D eigenvalue weighted by atomic mass is 9.95. The molecule has 7 heteroatoms. The minimum absolute atomic E-state index is 0.109. The summed E-state index contributed by atoms with van der Waals surface area (Å²) < 4.78 is 6.67. The molecule has 3 rings (SSSR count). The average Bonchev–Trinajstić information content (AvgIpc) is 3.10. The van der Waals surface area contributed by atoms with Crippen molar-refractivity contribution in [2.24, 2.45) is 0 Å². The molecule has 1 amide bonds. The van der Waals surface area contributed by atoms with Gasteiger partial charge in [-0.25, -0.2) is 0 Å². The fraction of sp³-hybridized carbons (Fsp3) is 0.407. The Bertz CT molecular complexity index is 1030. The number of ether oxygens (including phenoxy) is 1. The van der Waals surface area contributed by atoms with Gasteiger partial charge in [0.05, 0.1) is 18.2 Å². The van der Waals surface area contributed by atoms with Crippen molar-refractivity contribution >= 4 is 33.4 Å². The monoisotopic (exact) mass is 528 g/mol. The number of carbonyl (C=O) groups is 2. The van der Waals surface area contributed by atoms with E-state index in [1.165, 1.54) is 0 Å². The maximum atomic E-state index is 13.2. The first-order chi connectivity index (χ1) is 16.4. The number of carbonyl (C=O) groups excluding carboxylic acids is 2. The number of benzene rings is 2. The van der Waals surface area contributed by atoms with Crippen molar-refractivity contribution in [3.8, 4) is 5.75 Å². The smallest absolute Gasteiger partial charge is 0.295 e. The van der Waals surface area contributed by atoms with Gasteiger partial charge in [-0.2, -0.15) is 0 Å². The lowest BCUT2D eigenvalue weighted by Gasteiger charge is -2.28. The summed E-state index contributed by atoms with van der Waals surface area (Å²) in [4.78, 5) is 30.1. The first-order valence-electron chi connectivity index (χ1n) is 11.9. The van der Waals surface area contributed by atoms with Crippen LogP contribution in [0.2, 0.25) is 0 Å². The Morgan fingerprint density at radius 2 is 1.79 bits per heavy atom. The van der Waals surface area contributed by atoms with Crippen molar-refractivity contribution in [1.82, 2.24) is 9.80 Å². The second kappa shape index (κ2) is 12.2. The summed E-state index contributed by atoms with van der Waals surface area (Å²) in [5, 5.41) is 11.3. The highest BCUT2D eigenvalue weighted by atomic mass is 79.9. The molecule has 1 aliphatic rings. The highest BCUT2D eigenvalue weighted by Gasteiger charge is 2.45. The third-order valence-corrected chi connectivity index (χ3v) is 6.68. The van der Waals surface area contributed by atoms with Gasteiger partial charge in [0.15, 0.2) is 0 Å². The Kier molecular flexibility index (Phi) is 9.30. The molecule has 182 valence electrons. The number of rotatable bonds is 11. The van der Waals surface area contributed by atoms with Crippen LogP contribution < -0.4 is 4.74 Å². The number of hydrogen-bond donors (Lipinski definition) is 1. The molecule has 1 saturated heterocycles. The van der Waals surface area contributed by atoms with Gasteiger partial charge < -0.3 is 19.6 Å². The second-order valence-electron chi connectivity index (χ2n) is 8.30. The number of hydrogen-bond acceptors (Lipinski definition) is 5. The van der Waals surface area contributed by atoms with Gasteiger partial charge in [0.1, 0.15) is 11.5 Å². The number of likely N-dealkylation sites (tertiary alicyclic amines) is 1. The summed E-state index contributed by atoms with van der Waals surface area (Å²) in [6, 6.07) is 13.9. The largest absolute Gasteiger partial charge is 0.507 e. The molecule has 0 radical (unpaired) electrons. The van der Waals surface area contributed by atoms with Crippen molar-refractivity contribution in [3.05, 3.63) is 69.7 Å². The first kappa shape index (κ1) is 26.0. The van der Waals surface area contributed by atoms with E-state index < -0.39 is 17.7 Å². The van der Waals surface area contributed by atoms with E-state index in [0.717, 1.165) is 36.0 Å². The Morgan fingerprint density at radius 1 is 1.09 bits per heavy atom. The molecule has 0 aliphatic carbocycles. The standard InChI is InChI=1S/C27H33BrN2O4/c1-4-7-17-34-22-10-8-9-20(18-22)25(31)23-24(19-11-13-21(28)14-12-19)30(27(33)26(23)32)16-15-29(5-2)6-3/h8-14,18,24,31H,4-7,15-17H2,1-3H3/b25-23+.